The quantitative estimate of drug-likeness (QED) is 0.747. The fourth-order valence-corrected chi connectivity index (χ4v) is 3.46. The lowest BCUT2D eigenvalue weighted by Crippen LogP contribution is -2.19. The molecule has 3 aromatic rings. The van der Waals surface area contributed by atoms with Crippen LogP contribution in [0.5, 0.6) is 0 Å². The number of nitrogens with one attached hydrogen (secondary N) is 1. The Morgan fingerprint density at radius 1 is 1.15 bits per heavy atom. The molecule has 1 amide bonds. The zero-order valence-electron chi connectivity index (χ0n) is 13.9. The van der Waals surface area contributed by atoms with Gasteiger partial charge in [-0.1, -0.05) is 17.7 Å². The van der Waals surface area contributed by atoms with E-state index >= 15 is 0 Å². The summed E-state index contributed by atoms with van der Waals surface area (Å²) in [6.07, 6.45) is 3.83. The maximum absolute atomic E-state index is 13.9. The molecule has 0 unspecified atom stereocenters. The third-order valence-electron chi connectivity index (χ3n) is 4.47. The highest BCUT2D eigenvalue weighted by Gasteiger charge is 2.18. The monoisotopic (exact) mass is 370 g/mol. The van der Waals surface area contributed by atoms with Gasteiger partial charge in [-0.2, -0.15) is 0 Å². The van der Waals surface area contributed by atoms with Crippen LogP contribution in [0.2, 0.25) is 5.02 Å². The van der Waals surface area contributed by atoms with Gasteiger partial charge in [0.05, 0.1) is 16.1 Å². The zero-order chi connectivity index (χ0) is 18.1. The van der Waals surface area contributed by atoms with E-state index in [4.69, 9.17) is 11.6 Å². The zero-order valence-corrected chi connectivity index (χ0v) is 14.6. The molecule has 1 aromatic heterocycles. The fraction of sp³-hybridized carbons (Fsp3) is 0.211. The van der Waals surface area contributed by atoms with Crippen molar-refractivity contribution in [2.24, 2.45) is 0 Å². The van der Waals surface area contributed by atoms with Crippen molar-refractivity contribution in [1.82, 2.24) is 9.97 Å². The van der Waals surface area contributed by atoms with Crippen molar-refractivity contribution in [2.75, 3.05) is 23.3 Å². The summed E-state index contributed by atoms with van der Waals surface area (Å²) in [7, 11) is 0. The molecule has 7 heteroatoms. The van der Waals surface area contributed by atoms with Gasteiger partial charge in [0.2, 0.25) is 0 Å². The molecule has 0 bridgehead atoms. The molecular formula is C19H16ClFN4O. The number of amides is 1. The van der Waals surface area contributed by atoms with Crippen LogP contribution >= 0.6 is 11.6 Å². The van der Waals surface area contributed by atoms with Crippen LogP contribution in [0.1, 0.15) is 23.2 Å². The van der Waals surface area contributed by atoms with E-state index in [0.29, 0.717) is 5.69 Å². The van der Waals surface area contributed by atoms with Crippen LogP contribution in [-0.4, -0.2) is 29.0 Å². The molecule has 2 aromatic carbocycles. The van der Waals surface area contributed by atoms with E-state index in [1.54, 1.807) is 12.1 Å². The van der Waals surface area contributed by atoms with Crippen molar-refractivity contribution in [3.63, 3.8) is 0 Å². The molecule has 0 aliphatic carbocycles. The number of benzene rings is 2. The number of hydrogen-bond acceptors (Lipinski definition) is 4. The number of aromatic nitrogens is 2. The van der Waals surface area contributed by atoms with Gasteiger partial charge in [-0.05, 0) is 43.2 Å². The van der Waals surface area contributed by atoms with E-state index in [1.165, 1.54) is 24.5 Å². The van der Waals surface area contributed by atoms with Gasteiger partial charge in [-0.25, -0.2) is 14.4 Å². The van der Waals surface area contributed by atoms with Gasteiger partial charge in [0.15, 0.2) is 0 Å². The van der Waals surface area contributed by atoms with Gasteiger partial charge < -0.3 is 10.2 Å². The lowest BCUT2D eigenvalue weighted by molar-refractivity contribution is 0.102. The van der Waals surface area contributed by atoms with Gasteiger partial charge in [0, 0.05) is 24.2 Å². The Morgan fingerprint density at radius 3 is 2.73 bits per heavy atom. The van der Waals surface area contributed by atoms with Gasteiger partial charge >= 0.3 is 0 Å². The van der Waals surface area contributed by atoms with E-state index in [-0.39, 0.29) is 10.6 Å². The molecule has 1 aliphatic heterocycles. The smallest absolute Gasteiger partial charge is 0.260 e. The van der Waals surface area contributed by atoms with E-state index < -0.39 is 11.7 Å². The average Bonchev–Trinajstić information content (AvgIpc) is 3.15. The number of anilines is 2. The first kappa shape index (κ1) is 16.7. The Balaban J connectivity index is 1.65. The van der Waals surface area contributed by atoms with Crippen molar-refractivity contribution >= 4 is 39.9 Å². The third-order valence-corrected chi connectivity index (χ3v) is 4.78. The van der Waals surface area contributed by atoms with Crippen LogP contribution in [-0.2, 0) is 0 Å². The highest BCUT2D eigenvalue weighted by Crippen LogP contribution is 2.28. The summed E-state index contributed by atoms with van der Waals surface area (Å²) in [6.45, 7) is 1.97. The molecule has 26 heavy (non-hydrogen) atoms. The first-order chi connectivity index (χ1) is 12.6. The number of nitrogens with zero attached hydrogens (tertiary/aromatic N) is 3. The Hall–Kier alpha value is -2.73. The van der Waals surface area contributed by atoms with Gasteiger partial charge in [-0.15, -0.1) is 0 Å². The van der Waals surface area contributed by atoms with Crippen LogP contribution in [0.3, 0.4) is 0 Å². The van der Waals surface area contributed by atoms with Crippen molar-refractivity contribution < 1.29 is 9.18 Å². The Bertz CT molecular complexity index is 968. The summed E-state index contributed by atoms with van der Waals surface area (Å²) in [5.74, 6) is -0.349. The first-order valence-corrected chi connectivity index (χ1v) is 8.76. The van der Waals surface area contributed by atoms with Crippen LogP contribution in [0, 0.1) is 5.82 Å². The standard InChI is InChI=1S/C19H16ClFN4O/c20-14-4-3-5-15(21)17(14)19(26)24-12-6-7-13-16(10-12)22-11-23-18(13)25-8-1-2-9-25/h3-7,10-11H,1-2,8-9H2,(H,24,26). The van der Waals surface area contributed by atoms with Crippen molar-refractivity contribution in [3.8, 4) is 0 Å². The number of fused-ring (bicyclic) bond motifs is 1. The second-order valence-electron chi connectivity index (χ2n) is 6.17. The molecule has 0 radical (unpaired) electrons. The molecule has 1 aliphatic rings. The highest BCUT2D eigenvalue weighted by atomic mass is 35.5. The minimum absolute atomic E-state index is 0.0712. The van der Waals surface area contributed by atoms with Crippen LogP contribution < -0.4 is 10.2 Å². The summed E-state index contributed by atoms with van der Waals surface area (Å²) in [5.41, 5.74) is 1.07. The molecule has 5 nitrogen and oxygen atoms in total. The SMILES string of the molecule is O=C(Nc1ccc2c(N3CCCC3)ncnc2c1)c1c(F)cccc1Cl. The molecule has 1 saturated heterocycles. The lowest BCUT2D eigenvalue weighted by Gasteiger charge is -2.18. The molecule has 4 rings (SSSR count). The predicted molar refractivity (Wildman–Crippen MR) is 100 cm³/mol. The topological polar surface area (TPSA) is 58.1 Å². The van der Waals surface area contributed by atoms with E-state index in [9.17, 15) is 9.18 Å². The molecule has 1 N–H and O–H groups in total. The number of carbonyl (C=O) groups is 1. The normalized spacial score (nSPS) is 14.0. The van der Waals surface area contributed by atoms with Gasteiger partial charge in [0.25, 0.3) is 5.91 Å². The largest absolute Gasteiger partial charge is 0.356 e. The second-order valence-corrected chi connectivity index (χ2v) is 6.58. The second kappa shape index (κ2) is 6.88. The lowest BCUT2D eigenvalue weighted by atomic mass is 10.1. The minimum Gasteiger partial charge on any atom is -0.356 e. The molecule has 0 saturated carbocycles. The Kier molecular flexibility index (Phi) is 4.42. The summed E-state index contributed by atoms with van der Waals surface area (Å²) in [6, 6.07) is 9.54. The summed E-state index contributed by atoms with van der Waals surface area (Å²) in [5, 5.41) is 3.68. The number of rotatable bonds is 3. The minimum atomic E-state index is -0.658. The van der Waals surface area contributed by atoms with Crippen molar-refractivity contribution in [3.05, 3.63) is 59.1 Å². The molecule has 2 heterocycles. The number of carbonyl (C=O) groups excluding carboxylic acids is 1. The molecular weight excluding hydrogens is 355 g/mol. The number of halogens is 2. The summed E-state index contributed by atoms with van der Waals surface area (Å²) >= 11 is 5.95. The summed E-state index contributed by atoms with van der Waals surface area (Å²) in [4.78, 5) is 23.3. The van der Waals surface area contributed by atoms with E-state index in [1.807, 2.05) is 6.07 Å². The van der Waals surface area contributed by atoms with Crippen molar-refractivity contribution in [1.29, 1.82) is 0 Å². The maximum Gasteiger partial charge on any atom is 0.260 e. The predicted octanol–water partition coefficient (Wildman–Crippen LogP) is 4.27. The van der Waals surface area contributed by atoms with Gasteiger partial charge in [0.1, 0.15) is 18.0 Å². The highest BCUT2D eigenvalue weighted by molar-refractivity contribution is 6.34. The first-order valence-electron chi connectivity index (χ1n) is 8.38. The van der Waals surface area contributed by atoms with E-state index in [0.717, 1.165) is 42.7 Å². The fourth-order valence-electron chi connectivity index (χ4n) is 3.21. The average molecular weight is 371 g/mol. The maximum atomic E-state index is 13.9. The van der Waals surface area contributed by atoms with Crippen LogP contribution in [0.15, 0.2) is 42.7 Å². The van der Waals surface area contributed by atoms with E-state index in [2.05, 4.69) is 20.2 Å². The Morgan fingerprint density at radius 2 is 1.96 bits per heavy atom. The van der Waals surface area contributed by atoms with Crippen LogP contribution in [0.4, 0.5) is 15.9 Å². The molecule has 0 atom stereocenters. The van der Waals surface area contributed by atoms with Gasteiger partial charge in [-0.3, -0.25) is 4.79 Å². The summed E-state index contributed by atoms with van der Waals surface area (Å²) < 4.78 is 13.9. The molecule has 0 spiro atoms. The third kappa shape index (κ3) is 3.08. The van der Waals surface area contributed by atoms with Crippen molar-refractivity contribution in [2.45, 2.75) is 12.8 Å². The Labute approximate surface area is 154 Å². The molecule has 1 fully saturated rings. The number of hydrogen-bond donors (Lipinski definition) is 1. The molecule has 132 valence electrons. The van der Waals surface area contributed by atoms with Crippen LogP contribution in [0.25, 0.3) is 10.9 Å².